The maximum Gasteiger partial charge on any atom is 0.220 e. The van der Waals surface area contributed by atoms with Crippen molar-refractivity contribution < 1.29 is 9.21 Å². The monoisotopic (exact) mass is 314 g/mol. The minimum atomic E-state index is 0.0663. The minimum absolute atomic E-state index is 0.0663. The fraction of sp³-hybridized carbons (Fsp3) is 0.471. The number of oxazole rings is 1. The zero-order valence-corrected chi connectivity index (χ0v) is 13.6. The van der Waals surface area contributed by atoms with Crippen LogP contribution in [-0.4, -0.2) is 44.8 Å². The smallest absolute Gasteiger partial charge is 0.220 e. The predicted molar refractivity (Wildman–Crippen MR) is 85.4 cm³/mol. The molecule has 0 aliphatic carbocycles. The van der Waals surface area contributed by atoms with Gasteiger partial charge >= 0.3 is 0 Å². The average molecular weight is 314 g/mol. The molecular formula is C17H22N4O2. The van der Waals surface area contributed by atoms with Gasteiger partial charge in [0.15, 0.2) is 0 Å². The highest BCUT2D eigenvalue weighted by atomic mass is 16.4. The standard InChI is InChI=1S/C17H22N4O2/c1-13-9-19-17(23-13)12-21(14(2)22)16-5-8-20(11-16)10-15-3-6-18-7-4-15/h3-4,6-7,9,16H,5,8,10-12H2,1-2H3. The van der Waals surface area contributed by atoms with Gasteiger partial charge in [-0.25, -0.2) is 4.98 Å². The van der Waals surface area contributed by atoms with Crippen LogP contribution in [0.5, 0.6) is 0 Å². The third-order valence-corrected chi connectivity index (χ3v) is 4.22. The summed E-state index contributed by atoms with van der Waals surface area (Å²) >= 11 is 0. The first-order valence-corrected chi connectivity index (χ1v) is 7.91. The number of nitrogens with zero attached hydrogens (tertiary/aromatic N) is 4. The van der Waals surface area contributed by atoms with Crippen LogP contribution in [0.25, 0.3) is 0 Å². The van der Waals surface area contributed by atoms with Gasteiger partial charge in [-0.1, -0.05) is 0 Å². The lowest BCUT2D eigenvalue weighted by atomic mass is 10.2. The number of aryl methyl sites for hydroxylation is 1. The van der Waals surface area contributed by atoms with Crippen molar-refractivity contribution in [3.8, 4) is 0 Å². The molecule has 1 atom stereocenters. The van der Waals surface area contributed by atoms with E-state index in [9.17, 15) is 4.79 Å². The lowest BCUT2D eigenvalue weighted by Gasteiger charge is -2.27. The Labute approximate surface area is 136 Å². The molecule has 6 heteroatoms. The highest BCUT2D eigenvalue weighted by Crippen LogP contribution is 2.20. The number of hydrogen-bond donors (Lipinski definition) is 0. The molecule has 1 fully saturated rings. The molecule has 3 heterocycles. The Balaban J connectivity index is 1.62. The summed E-state index contributed by atoms with van der Waals surface area (Å²) in [7, 11) is 0. The summed E-state index contributed by atoms with van der Waals surface area (Å²) in [4.78, 5) is 24.5. The van der Waals surface area contributed by atoms with E-state index in [-0.39, 0.29) is 11.9 Å². The third kappa shape index (κ3) is 3.96. The zero-order chi connectivity index (χ0) is 16.2. The molecule has 0 aromatic carbocycles. The van der Waals surface area contributed by atoms with Gasteiger partial charge < -0.3 is 9.32 Å². The maximum absolute atomic E-state index is 12.0. The lowest BCUT2D eigenvalue weighted by molar-refractivity contribution is -0.132. The topological polar surface area (TPSA) is 62.5 Å². The van der Waals surface area contributed by atoms with Gasteiger partial charge in [0.25, 0.3) is 0 Å². The number of amides is 1. The Kier molecular flexibility index (Phi) is 4.71. The van der Waals surface area contributed by atoms with Gasteiger partial charge in [-0.3, -0.25) is 14.7 Å². The molecule has 6 nitrogen and oxygen atoms in total. The summed E-state index contributed by atoms with van der Waals surface area (Å²) in [5, 5.41) is 0. The summed E-state index contributed by atoms with van der Waals surface area (Å²) in [6, 6.07) is 4.28. The van der Waals surface area contributed by atoms with E-state index in [1.54, 1.807) is 13.1 Å². The van der Waals surface area contributed by atoms with E-state index in [1.807, 2.05) is 36.4 Å². The summed E-state index contributed by atoms with van der Waals surface area (Å²) in [6.45, 7) is 6.67. The zero-order valence-electron chi connectivity index (χ0n) is 13.6. The Hall–Kier alpha value is -2.21. The van der Waals surface area contributed by atoms with E-state index in [0.29, 0.717) is 12.4 Å². The minimum Gasteiger partial charge on any atom is -0.444 e. The van der Waals surface area contributed by atoms with E-state index in [2.05, 4.69) is 14.9 Å². The number of carbonyl (C=O) groups excluding carboxylic acids is 1. The molecule has 1 saturated heterocycles. The molecule has 122 valence electrons. The van der Waals surface area contributed by atoms with E-state index < -0.39 is 0 Å². The van der Waals surface area contributed by atoms with Crippen molar-refractivity contribution in [2.24, 2.45) is 0 Å². The van der Waals surface area contributed by atoms with Gasteiger partial charge in [-0.2, -0.15) is 0 Å². The molecule has 0 saturated carbocycles. The highest BCUT2D eigenvalue weighted by Gasteiger charge is 2.30. The van der Waals surface area contributed by atoms with E-state index >= 15 is 0 Å². The molecule has 2 aromatic rings. The van der Waals surface area contributed by atoms with Gasteiger partial charge in [-0.05, 0) is 31.0 Å². The van der Waals surface area contributed by atoms with Crippen LogP contribution in [0.4, 0.5) is 0 Å². The van der Waals surface area contributed by atoms with Crippen LogP contribution in [0, 0.1) is 6.92 Å². The average Bonchev–Trinajstić information content (AvgIpc) is 3.15. The van der Waals surface area contributed by atoms with Crippen molar-refractivity contribution in [2.75, 3.05) is 13.1 Å². The van der Waals surface area contributed by atoms with E-state index in [4.69, 9.17) is 4.42 Å². The van der Waals surface area contributed by atoms with Crippen molar-refractivity contribution in [3.63, 3.8) is 0 Å². The van der Waals surface area contributed by atoms with Crippen molar-refractivity contribution in [1.29, 1.82) is 0 Å². The van der Waals surface area contributed by atoms with Crippen LogP contribution in [0.15, 0.2) is 35.1 Å². The molecule has 1 aliphatic heterocycles. The molecular weight excluding hydrogens is 292 g/mol. The molecule has 1 amide bonds. The molecule has 2 aromatic heterocycles. The number of pyridine rings is 1. The number of hydrogen-bond acceptors (Lipinski definition) is 5. The van der Waals surface area contributed by atoms with Gasteiger partial charge in [0.05, 0.1) is 12.7 Å². The second kappa shape index (κ2) is 6.91. The second-order valence-corrected chi connectivity index (χ2v) is 6.04. The maximum atomic E-state index is 12.0. The van der Waals surface area contributed by atoms with Gasteiger partial charge in [0.2, 0.25) is 11.8 Å². The first kappa shape index (κ1) is 15.7. The molecule has 3 rings (SSSR count). The molecule has 0 radical (unpaired) electrons. The number of carbonyl (C=O) groups is 1. The van der Waals surface area contributed by atoms with Crippen LogP contribution in [0.3, 0.4) is 0 Å². The fourth-order valence-corrected chi connectivity index (χ4v) is 3.07. The second-order valence-electron chi connectivity index (χ2n) is 6.04. The number of likely N-dealkylation sites (tertiary alicyclic amines) is 1. The van der Waals surface area contributed by atoms with Gasteiger partial charge in [-0.15, -0.1) is 0 Å². The van der Waals surface area contributed by atoms with Crippen LogP contribution in [0.2, 0.25) is 0 Å². The highest BCUT2D eigenvalue weighted by molar-refractivity contribution is 5.73. The summed E-state index contributed by atoms with van der Waals surface area (Å²) < 4.78 is 5.52. The third-order valence-electron chi connectivity index (χ3n) is 4.22. The quantitative estimate of drug-likeness (QED) is 0.844. The molecule has 0 spiro atoms. The number of aromatic nitrogens is 2. The Bertz CT molecular complexity index is 656. The van der Waals surface area contributed by atoms with Crippen LogP contribution in [-0.2, 0) is 17.9 Å². The number of rotatable bonds is 5. The van der Waals surface area contributed by atoms with Crippen molar-refractivity contribution in [3.05, 3.63) is 47.9 Å². The largest absolute Gasteiger partial charge is 0.444 e. The van der Waals surface area contributed by atoms with Crippen LogP contribution < -0.4 is 0 Å². The first-order chi connectivity index (χ1) is 11.1. The first-order valence-electron chi connectivity index (χ1n) is 7.91. The van der Waals surface area contributed by atoms with Crippen molar-refractivity contribution in [2.45, 2.75) is 39.4 Å². The predicted octanol–water partition coefficient (Wildman–Crippen LogP) is 2.00. The molecule has 1 unspecified atom stereocenters. The summed E-state index contributed by atoms with van der Waals surface area (Å²) in [5.41, 5.74) is 1.25. The van der Waals surface area contributed by atoms with Gasteiger partial charge in [0, 0.05) is 45.0 Å². The van der Waals surface area contributed by atoms with Crippen molar-refractivity contribution >= 4 is 5.91 Å². The molecule has 23 heavy (non-hydrogen) atoms. The van der Waals surface area contributed by atoms with Crippen LogP contribution in [0.1, 0.15) is 30.6 Å². The molecule has 1 aliphatic rings. The normalized spacial score (nSPS) is 18.3. The summed E-state index contributed by atoms with van der Waals surface area (Å²) in [6.07, 6.45) is 6.30. The Morgan fingerprint density at radius 2 is 2.22 bits per heavy atom. The molecule has 0 N–H and O–H groups in total. The SMILES string of the molecule is CC(=O)N(Cc1ncc(C)o1)C1CCN(Cc2ccncc2)C1. The lowest BCUT2D eigenvalue weighted by Crippen LogP contribution is -2.40. The Morgan fingerprint density at radius 1 is 1.43 bits per heavy atom. The van der Waals surface area contributed by atoms with Gasteiger partial charge in [0.1, 0.15) is 5.76 Å². The fourth-order valence-electron chi connectivity index (χ4n) is 3.07. The van der Waals surface area contributed by atoms with E-state index in [0.717, 1.165) is 31.8 Å². The van der Waals surface area contributed by atoms with Crippen LogP contribution >= 0.6 is 0 Å². The van der Waals surface area contributed by atoms with E-state index in [1.165, 1.54) is 5.56 Å². The summed E-state index contributed by atoms with van der Waals surface area (Å²) in [5.74, 6) is 1.44. The Morgan fingerprint density at radius 3 is 2.87 bits per heavy atom. The molecule has 0 bridgehead atoms. The van der Waals surface area contributed by atoms with Crippen molar-refractivity contribution in [1.82, 2.24) is 19.8 Å².